The minimum absolute atomic E-state index is 0.251. The van der Waals surface area contributed by atoms with Crippen LogP contribution in [0.15, 0.2) is 51.7 Å². The number of hydrogen-bond donors (Lipinski definition) is 1. The predicted molar refractivity (Wildman–Crippen MR) is 117 cm³/mol. The molecule has 0 aliphatic heterocycles. The first-order chi connectivity index (χ1) is 14.5. The van der Waals surface area contributed by atoms with Gasteiger partial charge < -0.3 is 23.9 Å². The Morgan fingerprint density at radius 3 is 2.80 bits per heavy atom. The summed E-state index contributed by atoms with van der Waals surface area (Å²) in [5.41, 5.74) is 2.81. The lowest BCUT2D eigenvalue weighted by Crippen LogP contribution is -2.15. The number of anilines is 1. The number of esters is 2. The lowest BCUT2D eigenvalue weighted by atomic mass is 10.1. The van der Waals surface area contributed by atoms with Gasteiger partial charge in [0.2, 0.25) is 0 Å². The van der Waals surface area contributed by atoms with Gasteiger partial charge in [-0.3, -0.25) is 0 Å². The van der Waals surface area contributed by atoms with Gasteiger partial charge >= 0.3 is 11.9 Å². The van der Waals surface area contributed by atoms with E-state index in [1.807, 2.05) is 30.3 Å². The van der Waals surface area contributed by atoms with Crippen molar-refractivity contribution >= 4 is 44.9 Å². The van der Waals surface area contributed by atoms with E-state index in [1.54, 1.807) is 19.5 Å². The minimum atomic E-state index is -0.542. The molecule has 2 heterocycles. The van der Waals surface area contributed by atoms with Crippen LogP contribution in [0.1, 0.15) is 22.2 Å². The van der Waals surface area contributed by atoms with Gasteiger partial charge in [-0.1, -0.05) is 12.1 Å². The molecule has 1 aromatic carbocycles. The van der Waals surface area contributed by atoms with Gasteiger partial charge in [0, 0.05) is 17.8 Å². The number of rotatable bonds is 9. The van der Waals surface area contributed by atoms with Crippen LogP contribution in [0.25, 0.3) is 10.4 Å². The third-order valence-corrected chi connectivity index (χ3v) is 6.24. The molecule has 0 unspecified atom stereocenters. The van der Waals surface area contributed by atoms with Crippen LogP contribution < -0.4 is 10.1 Å². The van der Waals surface area contributed by atoms with Gasteiger partial charge in [0.15, 0.2) is 17.2 Å². The summed E-state index contributed by atoms with van der Waals surface area (Å²) in [6.45, 7) is 2.27. The van der Waals surface area contributed by atoms with E-state index in [4.69, 9.17) is 18.6 Å². The highest BCUT2D eigenvalue weighted by molar-refractivity contribution is 9.10. The first kappa shape index (κ1) is 21.9. The molecule has 3 rings (SSSR count). The summed E-state index contributed by atoms with van der Waals surface area (Å²) in [5.74, 6) is -0.801. The van der Waals surface area contributed by atoms with E-state index in [0.29, 0.717) is 11.0 Å². The summed E-state index contributed by atoms with van der Waals surface area (Å²) in [4.78, 5) is 25.0. The highest BCUT2D eigenvalue weighted by Crippen LogP contribution is 2.46. The van der Waals surface area contributed by atoms with Gasteiger partial charge in [0.1, 0.15) is 0 Å². The number of carbonyl (C=O) groups is 2. The summed E-state index contributed by atoms with van der Waals surface area (Å²) in [6.07, 6.45) is 3.31. The zero-order valence-electron chi connectivity index (χ0n) is 16.4. The number of ether oxygens (including phenoxy) is 3. The van der Waals surface area contributed by atoms with Crippen molar-refractivity contribution in [3.05, 3.63) is 57.8 Å². The van der Waals surface area contributed by atoms with Crippen LogP contribution >= 0.6 is 27.3 Å². The van der Waals surface area contributed by atoms with Gasteiger partial charge in [-0.05, 0) is 46.6 Å². The zero-order valence-corrected chi connectivity index (χ0v) is 18.8. The molecule has 9 heteroatoms. The van der Waals surface area contributed by atoms with Gasteiger partial charge in [0.25, 0.3) is 0 Å². The Bertz CT molecular complexity index is 1010. The molecule has 0 bridgehead atoms. The zero-order chi connectivity index (χ0) is 21.5. The third kappa shape index (κ3) is 5.22. The molecular weight excluding hydrogens is 474 g/mol. The molecule has 0 amide bonds. The molecule has 0 fully saturated rings. The van der Waals surface area contributed by atoms with Crippen molar-refractivity contribution in [3.63, 3.8) is 0 Å². The molecule has 158 valence electrons. The maximum Gasteiger partial charge on any atom is 0.351 e. The van der Waals surface area contributed by atoms with Crippen molar-refractivity contribution in [2.45, 2.75) is 13.5 Å². The molecule has 0 saturated carbocycles. The second-order valence-corrected chi connectivity index (χ2v) is 7.87. The highest BCUT2D eigenvalue weighted by Gasteiger charge is 2.25. The molecular formula is C21H20BrNO6S. The number of nitrogens with one attached hydrogen (secondary N) is 1. The van der Waals surface area contributed by atoms with E-state index < -0.39 is 11.9 Å². The van der Waals surface area contributed by atoms with Crippen LogP contribution in [0.4, 0.5) is 5.69 Å². The van der Waals surface area contributed by atoms with Crippen molar-refractivity contribution in [2.24, 2.45) is 0 Å². The van der Waals surface area contributed by atoms with Crippen molar-refractivity contribution in [1.29, 1.82) is 0 Å². The molecule has 0 saturated heterocycles. The molecule has 0 radical (unpaired) electrons. The average molecular weight is 494 g/mol. The number of methoxy groups -OCH3 is 1. The van der Waals surface area contributed by atoms with Crippen LogP contribution in [0.2, 0.25) is 0 Å². The van der Waals surface area contributed by atoms with E-state index in [0.717, 1.165) is 21.7 Å². The van der Waals surface area contributed by atoms with E-state index in [-0.39, 0.29) is 23.8 Å². The van der Waals surface area contributed by atoms with Gasteiger partial charge in [0.05, 0.1) is 35.6 Å². The van der Waals surface area contributed by atoms with Crippen LogP contribution in [0, 0.1) is 0 Å². The van der Waals surface area contributed by atoms with Gasteiger partial charge in [-0.15, -0.1) is 11.3 Å². The van der Waals surface area contributed by atoms with Crippen LogP contribution in [-0.2, 0) is 20.8 Å². The number of furan rings is 1. The number of benzene rings is 1. The summed E-state index contributed by atoms with van der Waals surface area (Å²) < 4.78 is 21.0. The van der Waals surface area contributed by atoms with Gasteiger partial charge in [-0.2, -0.15) is 0 Å². The average Bonchev–Trinajstić information content (AvgIpc) is 3.38. The fourth-order valence-electron chi connectivity index (χ4n) is 2.64. The Hall–Kier alpha value is -2.78. The van der Waals surface area contributed by atoms with Crippen LogP contribution in [0.5, 0.6) is 5.75 Å². The third-order valence-electron chi connectivity index (χ3n) is 4.02. The smallest absolute Gasteiger partial charge is 0.351 e. The maximum absolute atomic E-state index is 12.3. The number of hydrogen-bond acceptors (Lipinski definition) is 8. The molecule has 2 aromatic heterocycles. The minimum Gasteiger partial charge on any atom is -0.479 e. The topological polar surface area (TPSA) is 87.0 Å². The highest BCUT2D eigenvalue weighted by atomic mass is 79.9. The van der Waals surface area contributed by atoms with Crippen molar-refractivity contribution in [1.82, 2.24) is 0 Å². The molecule has 1 N–H and O–H groups in total. The lowest BCUT2D eigenvalue weighted by Gasteiger charge is -2.08. The van der Waals surface area contributed by atoms with E-state index in [1.165, 1.54) is 18.4 Å². The molecule has 0 aliphatic carbocycles. The van der Waals surface area contributed by atoms with E-state index >= 15 is 0 Å². The Kier molecular flexibility index (Phi) is 7.53. The second-order valence-electron chi connectivity index (χ2n) is 6.05. The molecule has 0 spiro atoms. The van der Waals surface area contributed by atoms with Crippen molar-refractivity contribution in [2.75, 3.05) is 25.6 Å². The van der Waals surface area contributed by atoms with E-state index in [2.05, 4.69) is 21.2 Å². The largest absolute Gasteiger partial charge is 0.479 e. The Morgan fingerprint density at radius 2 is 2.10 bits per heavy atom. The maximum atomic E-state index is 12.3. The van der Waals surface area contributed by atoms with Gasteiger partial charge in [-0.25, -0.2) is 9.59 Å². The molecule has 7 nitrogen and oxygen atoms in total. The molecule has 0 atom stereocenters. The molecule has 3 aromatic rings. The lowest BCUT2D eigenvalue weighted by molar-refractivity contribution is -0.145. The first-order valence-corrected chi connectivity index (χ1v) is 10.7. The number of carbonyl (C=O) groups excluding carboxylic acids is 2. The number of thiophene rings is 1. The van der Waals surface area contributed by atoms with E-state index in [9.17, 15) is 9.59 Å². The quantitative estimate of drug-likeness (QED) is 0.414. The Balaban J connectivity index is 1.86. The monoisotopic (exact) mass is 493 g/mol. The van der Waals surface area contributed by atoms with Crippen molar-refractivity contribution in [3.8, 4) is 16.2 Å². The first-order valence-electron chi connectivity index (χ1n) is 9.07. The molecule has 0 aliphatic rings. The summed E-state index contributed by atoms with van der Waals surface area (Å²) in [6, 6.07) is 9.64. The fourth-order valence-corrected chi connectivity index (χ4v) is 4.61. The number of halogens is 1. The van der Waals surface area contributed by atoms with Crippen LogP contribution in [-0.4, -0.2) is 32.3 Å². The Labute approximate surface area is 186 Å². The molecule has 30 heavy (non-hydrogen) atoms. The fraction of sp³-hybridized carbons (Fsp3) is 0.238. The summed E-state index contributed by atoms with van der Waals surface area (Å²) in [5, 5.41) is 3.33. The summed E-state index contributed by atoms with van der Waals surface area (Å²) in [7, 11) is 1.30. The normalized spacial score (nSPS) is 10.5. The standard InChI is InChI=1S/C21H20BrNO6S/c1-3-28-16(24)12-29-18-17(22)19(30-20(18)21(25)26-2)14-5-4-6-15(9-14)23-10-13-7-8-27-11-13/h4-9,11,23H,3,10,12H2,1-2H3. The van der Waals surface area contributed by atoms with Crippen LogP contribution in [0.3, 0.4) is 0 Å². The SMILES string of the molecule is CCOC(=O)COc1c(C(=O)OC)sc(-c2cccc(NCc3ccoc3)c2)c1Br. The van der Waals surface area contributed by atoms with Crippen molar-refractivity contribution < 1.29 is 28.2 Å². The summed E-state index contributed by atoms with van der Waals surface area (Å²) >= 11 is 4.73. The predicted octanol–water partition coefficient (Wildman–Crippen LogP) is 5.11. The second kappa shape index (κ2) is 10.3. The Morgan fingerprint density at radius 1 is 1.27 bits per heavy atom.